The lowest BCUT2D eigenvalue weighted by Crippen LogP contribution is -2.25. The van der Waals surface area contributed by atoms with Crippen LogP contribution in [0.3, 0.4) is 0 Å². The zero-order valence-electron chi connectivity index (χ0n) is 9.68. The van der Waals surface area contributed by atoms with Crippen LogP contribution in [0.1, 0.15) is 36.7 Å². The van der Waals surface area contributed by atoms with Gasteiger partial charge >= 0.3 is 5.97 Å². The second-order valence-electron chi connectivity index (χ2n) is 3.96. The Morgan fingerprint density at radius 1 is 1.53 bits per heavy atom. The zero-order chi connectivity index (χ0) is 12.7. The molecule has 1 heterocycles. The number of rotatable bonds is 7. The van der Waals surface area contributed by atoms with Crippen LogP contribution < -0.4 is 5.32 Å². The molecular formula is C11H16N2O4. The zero-order valence-corrected chi connectivity index (χ0v) is 9.68. The number of carboxylic acid groups (broad SMARTS) is 1. The van der Waals surface area contributed by atoms with E-state index >= 15 is 0 Å². The molecule has 0 aromatic carbocycles. The van der Waals surface area contributed by atoms with Gasteiger partial charge in [0, 0.05) is 19.0 Å². The van der Waals surface area contributed by atoms with Crippen LogP contribution in [-0.2, 0) is 4.79 Å². The Balaban J connectivity index is 2.15. The molecule has 0 spiro atoms. The first-order valence-corrected chi connectivity index (χ1v) is 5.50. The molecule has 1 atom stereocenters. The maximum Gasteiger partial charge on any atom is 0.303 e. The molecule has 2 N–H and O–H groups in total. The molecule has 6 heteroatoms. The van der Waals surface area contributed by atoms with E-state index in [0.717, 1.165) is 6.42 Å². The van der Waals surface area contributed by atoms with Crippen LogP contribution >= 0.6 is 0 Å². The van der Waals surface area contributed by atoms with Gasteiger partial charge in [0.2, 0.25) is 5.76 Å². The van der Waals surface area contributed by atoms with Crippen molar-refractivity contribution in [3.8, 4) is 0 Å². The molecule has 1 aromatic rings. The molecule has 0 fully saturated rings. The van der Waals surface area contributed by atoms with Crippen LogP contribution in [0, 0.1) is 5.92 Å². The monoisotopic (exact) mass is 240 g/mol. The van der Waals surface area contributed by atoms with E-state index in [1.165, 1.54) is 12.3 Å². The minimum Gasteiger partial charge on any atom is -0.481 e. The number of aromatic nitrogens is 1. The summed E-state index contributed by atoms with van der Waals surface area (Å²) in [5.74, 6) is -0.639. The number of carbonyl (C=O) groups is 2. The summed E-state index contributed by atoms with van der Waals surface area (Å²) in [5, 5.41) is 14.6. The lowest BCUT2D eigenvalue weighted by Gasteiger charge is -2.09. The Hall–Kier alpha value is -1.85. The molecule has 6 nitrogen and oxygen atoms in total. The number of hydrogen-bond acceptors (Lipinski definition) is 4. The highest BCUT2D eigenvalue weighted by Crippen LogP contribution is 2.09. The summed E-state index contributed by atoms with van der Waals surface area (Å²) in [5.41, 5.74) is 0. The van der Waals surface area contributed by atoms with Gasteiger partial charge in [0.25, 0.3) is 5.91 Å². The Morgan fingerprint density at radius 3 is 2.88 bits per heavy atom. The summed E-state index contributed by atoms with van der Waals surface area (Å²) in [6, 6.07) is 1.49. The number of carboxylic acids is 1. The number of amides is 1. The fourth-order valence-electron chi connectivity index (χ4n) is 1.37. The molecule has 1 rings (SSSR count). The molecule has 1 aromatic heterocycles. The lowest BCUT2D eigenvalue weighted by atomic mass is 10.0. The predicted molar refractivity (Wildman–Crippen MR) is 59.5 cm³/mol. The molecule has 0 aliphatic carbocycles. The summed E-state index contributed by atoms with van der Waals surface area (Å²) < 4.78 is 4.69. The molecule has 0 aliphatic heterocycles. The first-order valence-electron chi connectivity index (χ1n) is 5.50. The van der Waals surface area contributed by atoms with Crippen molar-refractivity contribution >= 4 is 11.9 Å². The van der Waals surface area contributed by atoms with Crippen molar-refractivity contribution in [3.05, 3.63) is 18.0 Å². The first-order chi connectivity index (χ1) is 8.09. The predicted octanol–water partition coefficient (Wildman–Crippen LogP) is 1.30. The van der Waals surface area contributed by atoms with E-state index in [-0.39, 0.29) is 24.0 Å². The van der Waals surface area contributed by atoms with E-state index in [0.29, 0.717) is 13.0 Å². The van der Waals surface area contributed by atoms with Crippen molar-refractivity contribution in [2.45, 2.75) is 26.2 Å². The molecule has 17 heavy (non-hydrogen) atoms. The van der Waals surface area contributed by atoms with Crippen LogP contribution in [0.4, 0.5) is 0 Å². The van der Waals surface area contributed by atoms with Gasteiger partial charge in [-0.3, -0.25) is 9.59 Å². The lowest BCUT2D eigenvalue weighted by molar-refractivity contribution is -0.137. The van der Waals surface area contributed by atoms with Crippen LogP contribution in [0.25, 0.3) is 0 Å². The molecule has 0 saturated carbocycles. The van der Waals surface area contributed by atoms with Gasteiger partial charge in [0.05, 0.1) is 6.20 Å². The van der Waals surface area contributed by atoms with Gasteiger partial charge in [-0.2, -0.15) is 0 Å². The summed E-state index contributed by atoms with van der Waals surface area (Å²) in [6.45, 7) is 2.46. The topological polar surface area (TPSA) is 92.4 Å². The van der Waals surface area contributed by atoms with Crippen LogP contribution in [0.2, 0.25) is 0 Å². The maximum atomic E-state index is 11.4. The molecule has 0 radical (unpaired) electrons. The van der Waals surface area contributed by atoms with Crippen molar-refractivity contribution in [2.75, 3.05) is 6.54 Å². The van der Waals surface area contributed by atoms with Gasteiger partial charge in [-0.25, -0.2) is 0 Å². The largest absolute Gasteiger partial charge is 0.481 e. The fraction of sp³-hybridized carbons (Fsp3) is 0.545. The Kier molecular flexibility index (Phi) is 5.19. The average Bonchev–Trinajstić information content (AvgIpc) is 2.79. The highest BCUT2D eigenvalue weighted by Gasteiger charge is 2.10. The smallest absolute Gasteiger partial charge is 0.303 e. The summed E-state index contributed by atoms with van der Waals surface area (Å²) >= 11 is 0. The Morgan fingerprint density at radius 2 is 2.29 bits per heavy atom. The number of nitrogens with zero attached hydrogens (tertiary/aromatic N) is 1. The number of carbonyl (C=O) groups excluding carboxylic acids is 1. The highest BCUT2D eigenvalue weighted by molar-refractivity contribution is 5.91. The van der Waals surface area contributed by atoms with Crippen LogP contribution in [0.15, 0.2) is 16.8 Å². The van der Waals surface area contributed by atoms with E-state index in [9.17, 15) is 9.59 Å². The van der Waals surface area contributed by atoms with Crippen molar-refractivity contribution < 1.29 is 19.2 Å². The normalized spacial score (nSPS) is 12.1. The van der Waals surface area contributed by atoms with E-state index < -0.39 is 5.97 Å². The Bertz CT molecular complexity index is 362. The SMILES string of the molecule is CC(CCNC(=O)c1ccno1)CCC(=O)O. The molecule has 0 aliphatic rings. The van der Waals surface area contributed by atoms with Crippen LogP contribution in [-0.4, -0.2) is 28.7 Å². The third-order valence-electron chi connectivity index (χ3n) is 2.44. The van der Waals surface area contributed by atoms with Crippen molar-refractivity contribution in [2.24, 2.45) is 5.92 Å². The second kappa shape index (κ2) is 6.67. The summed E-state index contributed by atoms with van der Waals surface area (Å²) in [4.78, 5) is 21.8. The molecule has 1 unspecified atom stereocenters. The van der Waals surface area contributed by atoms with E-state index in [1.54, 1.807) is 0 Å². The van der Waals surface area contributed by atoms with Gasteiger partial charge in [-0.15, -0.1) is 0 Å². The van der Waals surface area contributed by atoms with Crippen molar-refractivity contribution in [1.82, 2.24) is 10.5 Å². The van der Waals surface area contributed by atoms with Gasteiger partial charge in [-0.05, 0) is 18.8 Å². The Labute approximate surface area is 99.0 Å². The maximum absolute atomic E-state index is 11.4. The fourth-order valence-corrected chi connectivity index (χ4v) is 1.37. The van der Waals surface area contributed by atoms with Gasteiger partial charge in [0.1, 0.15) is 0 Å². The minimum absolute atomic E-state index is 0.164. The molecular weight excluding hydrogens is 224 g/mol. The van der Waals surface area contributed by atoms with Gasteiger partial charge in [-0.1, -0.05) is 12.1 Å². The molecule has 0 bridgehead atoms. The summed E-state index contributed by atoms with van der Waals surface area (Å²) in [7, 11) is 0. The van der Waals surface area contributed by atoms with E-state index in [1.807, 2.05) is 6.92 Å². The number of hydrogen-bond donors (Lipinski definition) is 2. The molecule has 0 saturated heterocycles. The number of aliphatic carboxylic acids is 1. The van der Waals surface area contributed by atoms with Crippen molar-refractivity contribution in [3.63, 3.8) is 0 Å². The van der Waals surface area contributed by atoms with Gasteiger partial charge < -0.3 is 14.9 Å². The third-order valence-corrected chi connectivity index (χ3v) is 2.44. The summed E-state index contributed by atoms with van der Waals surface area (Å²) in [6.07, 6.45) is 2.93. The quantitative estimate of drug-likeness (QED) is 0.749. The second-order valence-corrected chi connectivity index (χ2v) is 3.96. The standard InChI is InChI=1S/C11H16N2O4/c1-8(2-3-10(14)15)4-6-12-11(16)9-5-7-13-17-9/h5,7-8H,2-4,6H2,1H3,(H,12,16)(H,14,15). The van der Waals surface area contributed by atoms with E-state index in [4.69, 9.17) is 9.63 Å². The van der Waals surface area contributed by atoms with Gasteiger partial charge in [0.15, 0.2) is 0 Å². The van der Waals surface area contributed by atoms with Crippen LogP contribution in [0.5, 0.6) is 0 Å². The first kappa shape index (κ1) is 13.2. The molecule has 1 amide bonds. The third kappa shape index (κ3) is 5.14. The molecule has 94 valence electrons. The highest BCUT2D eigenvalue weighted by atomic mass is 16.5. The minimum atomic E-state index is -0.789. The van der Waals surface area contributed by atoms with E-state index in [2.05, 4.69) is 10.5 Å². The average molecular weight is 240 g/mol. The number of nitrogens with one attached hydrogen (secondary N) is 1. The van der Waals surface area contributed by atoms with Crippen molar-refractivity contribution in [1.29, 1.82) is 0 Å².